The highest BCUT2D eigenvalue weighted by molar-refractivity contribution is 6.06. The van der Waals surface area contributed by atoms with Crippen LogP contribution in [-0.2, 0) is 4.79 Å². The lowest BCUT2D eigenvalue weighted by Crippen LogP contribution is -2.46. The topological polar surface area (TPSA) is 70.2 Å². The molecule has 0 unspecified atom stereocenters. The molecule has 3 N–H and O–H groups in total. The van der Waals surface area contributed by atoms with Gasteiger partial charge in [0.05, 0.1) is 17.3 Å². The molecule has 1 aliphatic rings. The number of anilines is 1. The molecule has 1 atom stereocenters. The van der Waals surface area contributed by atoms with Crippen molar-refractivity contribution in [1.29, 1.82) is 0 Å². The Bertz CT molecular complexity index is 859. The molecule has 1 aliphatic heterocycles. The van der Waals surface area contributed by atoms with E-state index in [1.54, 1.807) is 19.1 Å². The van der Waals surface area contributed by atoms with E-state index in [9.17, 15) is 14.0 Å². The second-order valence-corrected chi connectivity index (χ2v) is 5.91. The Balaban J connectivity index is 1.96. The van der Waals surface area contributed by atoms with E-state index in [-0.39, 0.29) is 11.7 Å². The number of hydrogen-bond acceptors (Lipinski definition) is 2. The molecule has 0 fully saturated rings. The molecule has 0 saturated heterocycles. The van der Waals surface area contributed by atoms with Gasteiger partial charge in [0.1, 0.15) is 5.82 Å². The first-order chi connectivity index (χ1) is 12.0. The lowest BCUT2D eigenvalue weighted by molar-refractivity contribution is -0.113. The second-order valence-electron chi connectivity index (χ2n) is 5.91. The molecular weight excluding hydrogens is 321 g/mol. The normalized spacial score (nSPS) is 16.9. The summed E-state index contributed by atoms with van der Waals surface area (Å²) >= 11 is 0. The van der Waals surface area contributed by atoms with Crippen LogP contribution in [0.3, 0.4) is 0 Å². The van der Waals surface area contributed by atoms with Crippen LogP contribution in [-0.4, -0.2) is 11.9 Å². The van der Waals surface area contributed by atoms with E-state index >= 15 is 0 Å². The number of amides is 3. The van der Waals surface area contributed by atoms with Gasteiger partial charge in [0.25, 0.3) is 5.91 Å². The Morgan fingerprint density at radius 1 is 1.08 bits per heavy atom. The van der Waals surface area contributed by atoms with Gasteiger partial charge in [0.15, 0.2) is 0 Å². The van der Waals surface area contributed by atoms with E-state index in [2.05, 4.69) is 16.0 Å². The molecule has 128 valence electrons. The van der Waals surface area contributed by atoms with Gasteiger partial charge in [-0.15, -0.1) is 0 Å². The van der Waals surface area contributed by atoms with Crippen LogP contribution in [0, 0.1) is 12.7 Å². The summed E-state index contributed by atoms with van der Waals surface area (Å²) < 4.78 is 13.8. The Morgan fingerprint density at radius 2 is 1.76 bits per heavy atom. The molecule has 6 heteroatoms. The summed E-state index contributed by atoms with van der Waals surface area (Å²) in [6.07, 6.45) is 0. The molecule has 0 radical (unpaired) electrons. The Labute approximate surface area is 144 Å². The summed E-state index contributed by atoms with van der Waals surface area (Å²) in [5.74, 6) is -0.991. The fourth-order valence-corrected chi connectivity index (χ4v) is 2.76. The van der Waals surface area contributed by atoms with Crippen molar-refractivity contribution in [1.82, 2.24) is 10.6 Å². The molecule has 0 saturated carbocycles. The fraction of sp³-hybridized carbons (Fsp3) is 0.158. The molecule has 0 aliphatic carbocycles. The van der Waals surface area contributed by atoms with Crippen molar-refractivity contribution in [3.8, 4) is 0 Å². The molecule has 0 bridgehead atoms. The molecule has 0 aromatic heterocycles. The minimum Gasteiger partial charge on any atom is -0.327 e. The average Bonchev–Trinajstić information content (AvgIpc) is 2.57. The van der Waals surface area contributed by atoms with Crippen LogP contribution < -0.4 is 16.0 Å². The maximum Gasteiger partial charge on any atom is 0.319 e. The van der Waals surface area contributed by atoms with Gasteiger partial charge in [-0.25, -0.2) is 9.18 Å². The van der Waals surface area contributed by atoms with E-state index in [0.29, 0.717) is 11.3 Å². The van der Waals surface area contributed by atoms with Gasteiger partial charge in [0, 0.05) is 5.70 Å². The van der Waals surface area contributed by atoms with Crippen molar-refractivity contribution >= 4 is 17.6 Å². The number of benzene rings is 2. The summed E-state index contributed by atoms with van der Waals surface area (Å²) in [7, 11) is 0. The van der Waals surface area contributed by atoms with Crippen LogP contribution >= 0.6 is 0 Å². The zero-order chi connectivity index (χ0) is 18.0. The minimum absolute atomic E-state index is 0.0901. The van der Waals surface area contributed by atoms with Gasteiger partial charge in [-0.05, 0) is 31.5 Å². The van der Waals surface area contributed by atoms with Crippen LogP contribution in [0.4, 0.5) is 14.9 Å². The predicted octanol–water partition coefficient (Wildman–Crippen LogP) is 3.40. The van der Waals surface area contributed by atoms with Gasteiger partial charge in [0.2, 0.25) is 0 Å². The standard InChI is InChI=1S/C19H18FN3O2/c1-11-7-9-13(10-8-11)17-16(12(2)21-19(25)23-17)18(24)22-15-6-4-3-5-14(15)20/h3-10,17H,1-2H3,(H,22,24)(H2,21,23,25)/t17-/m0/s1. The van der Waals surface area contributed by atoms with E-state index in [1.807, 2.05) is 31.2 Å². The van der Waals surface area contributed by atoms with Crippen molar-refractivity contribution in [2.24, 2.45) is 0 Å². The van der Waals surface area contributed by atoms with E-state index < -0.39 is 17.8 Å². The summed E-state index contributed by atoms with van der Waals surface area (Å²) in [4.78, 5) is 24.6. The molecule has 1 heterocycles. The highest BCUT2D eigenvalue weighted by Crippen LogP contribution is 2.28. The minimum atomic E-state index is -0.610. The van der Waals surface area contributed by atoms with Crippen LogP contribution in [0.5, 0.6) is 0 Å². The smallest absolute Gasteiger partial charge is 0.319 e. The molecule has 3 amide bonds. The van der Waals surface area contributed by atoms with Gasteiger partial charge in [-0.1, -0.05) is 42.0 Å². The van der Waals surface area contributed by atoms with Crippen LogP contribution in [0.1, 0.15) is 24.1 Å². The highest BCUT2D eigenvalue weighted by Gasteiger charge is 2.31. The Hall–Kier alpha value is -3.15. The quantitative estimate of drug-likeness (QED) is 0.802. The molecule has 2 aromatic carbocycles. The van der Waals surface area contributed by atoms with Crippen molar-refractivity contribution in [3.05, 3.63) is 76.7 Å². The number of urea groups is 1. The SMILES string of the molecule is CC1=C(C(=O)Nc2ccccc2F)[C@H](c2ccc(C)cc2)NC(=O)N1. The van der Waals surface area contributed by atoms with Gasteiger partial charge in [-0.2, -0.15) is 0 Å². The summed E-state index contributed by atoms with van der Waals surface area (Å²) in [5.41, 5.74) is 2.71. The number of allylic oxidation sites excluding steroid dienone is 1. The number of para-hydroxylation sites is 1. The van der Waals surface area contributed by atoms with E-state index in [4.69, 9.17) is 0 Å². The van der Waals surface area contributed by atoms with Crippen molar-refractivity contribution in [2.75, 3.05) is 5.32 Å². The number of hydrogen-bond donors (Lipinski definition) is 3. The molecule has 25 heavy (non-hydrogen) atoms. The molecule has 5 nitrogen and oxygen atoms in total. The lowest BCUT2D eigenvalue weighted by atomic mass is 9.94. The first-order valence-corrected chi connectivity index (χ1v) is 7.86. The third kappa shape index (κ3) is 3.52. The lowest BCUT2D eigenvalue weighted by Gasteiger charge is -2.28. The Kier molecular flexibility index (Phi) is 4.52. The van der Waals surface area contributed by atoms with E-state index in [1.165, 1.54) is 12.1 Å². The van der Waals surface area contributed by atoms with Crippen molar-refractivity contribution < 1.29 is 14.0 Å². The second kappa shape index (κ2) is 6.76. The largest absolute Gasteiger partial charge is 0.327 e. The number of carbonyl (C=O) groups excluding carboxylic acids is 2. The highest BCUT2D eigenvalue weighted by atomic mass is 19.1. The first kappa shape index (κ1) is 16.7. The number of rotatable bonds is 3. The summed E-state index contributed by atoms with van der Waals surface area (Å²) in [5, 5.41) is 7.92. The van der Waals surface area contributed by atoms with Crippen LogP contribution in [0.25, 0.3) is 0 Å². The van der Waals surface area contributed by atoms with Gasteiger partial charge in [-0.3, -0.25) is 4.79 Å². The maximum atomic E-state index is 13.8. The van der Waals surface area contributed by atoms with Crippen molar-refractivity contribution in [3.63, 3.8) is 0 Å². The molecule has 3 rings (SSSR count). The van der Waals surface area contributed by atoms with Crippen LogP contribution in [0.2, 0.25) is 0 Å². The molecule has 0 spiro atoms. The van der Waals surface area contributed by atoms with Gasteiger partial charge >= 0.3 is 6.03 Å². The molecular formula is C19H18FN3O2. The van der Waals surface area contributed by atoms with Crippen molar-refractivity contribution in [2.45, 2.75) is 19.9 Å². The summed E-state index contributed by atoms with van der Waals surface area (Å²) in [6.45, 7) is 3.61. The third-order valence-electron chi connectivity index (χ3n) is 4.05. The third-order valence-corrected chi connectivity index (χ3v) is 4.05. The number of aryl methyl sites for hydroxylation is 1. The first-order valence-electron chi connectivity index (χ1n) is 7.86. The predicted molar refractivity (Wildman–Crippen MR) is 93.3 cm³/mol. The fourth-order valence-electron chi connectivity index (χ4n) is 2.76. The molecule has 2 aromatic rings. The van der Waals surface area contributed by atoms with Crippen LogP contribution in [0.15, 0.2) is 59.8 Å². The zero-order valence-electron chi connectivity index (χ0n) is 13.9. The Morgan fingerprint density at radius 3 is 2.44 bits per heavy atom. The maximum absolute atomic E-state index is 13.8. The van der Waals surface area contributed by atoms with E-state index in [0.717, 1.165) is 11.1 Å². The number of carbonyl (C=O) groups is 2. The summed E-state index contributed by atoms with van der Waals surface area (Å²) in [6, 6.07) is 12.5. The number of nitrogens with one attached hydrogen (secondary N) is 3. The monoisotopic (exact) mass is 339 g/mol. The average molecular weight is 339 g/mol. The zero-order valence-corrected chi connectivity index (χ0v) is 13.9. The van der Waals surface area contributed by atoms with Gasteiger partial charge < -0.3 is 16.0 Å². The number of halogens is 1.